The number of hydrogen-bond donors (Lipinski definition) is 1. The van der Waals surface area contributed by atoms with Gasteiger partial charge in [-0.1, -0.05) is 21.4 Å². The van der Waals surface area contributed by atoms with Crippen molar-refractivity contribution >= 4 is 20.0 Å². The molecule has 1 aliphatic heterocycles. The lowest BCUT2D eigenvalue weighted by molar-refractivity contribution is -0.897. The Balaban J connectivity index is -0.000000307. The van der Waals surface area contributed by atoms with E-state index < -0.39 is 20.0 Å². The molecule has 1 saturated heterocycles. The molecule has 0 atom stereocenters. The molecule has 0 aliphatic carbocycles. The van der Waals surface area contributed by atoms with Crippen LogP contribution in [0, 0.1) is 0 Å². The largest absolute Gasteiger partial charge is 0.496 e. The summed E-state index contributed by atoms with van der Waals surface area (Å²) in [5, 5.41) is 0. The lowest BCUT2D eigenvalue weighted by Crippen LogP contribution is -2.43. The number of ether oxygens (including phenoxy) is 1. The second-order valence-corrected chi connectivity index (χ2v) is 8.92. The standard InChI is InChI=1S/C9H18NO.C2H7NO4S2.2CH4/c1-3-11-9-8-10(2)6-4-5-7-10;1-8(4,5)3-9(2,6)7;;/h3H,1,4-9H2,2H3;3H,1-2H3;2*1H4/q+1;;;. The van der Waals surface area contributed by atoms with Crippen LogP contribution in [0.15, 0.2) is 12.8 Å². The fourth-order valence-electron chi connectivity index (χ4n) is 1.95. The summed E-state index contributed by atoms with van der Waals surface area (Å²) in [5.41, 5.74) is 0. The molecule has 1 N–H and O–H groups in total. The van der Waals surface area contributed by atoms with Crippen LogP contribution in [0.1, 0.15) is 27.7 Å². The van der Waals surface area contributed by atoms with Gasteiger partial charge in [-0.3, -0.25) is 0 Å². The first kappa shape index (κ1) is 26.3. The molecule has 0 unspecified atom stereocenters. The van der Waals surface area contributed by atoms with Crippen LogP contribution >= 0.6 is 0 Å². The van der Waals surface area contributed by atoms with Crippen molar-refractivity contribution in [2.75, 3.05) is 45.8 Å². The van der Waals surface area contributed by atoms with Gasteiger partial charge in [-0.2, -0.15) is 0 Å². The predicted octanol–water partition coefficient (Wildman–Crippen LogP) is 1.15. The Hall–Kier alpha value is -0.640. The topological polar surface area (TPSA) is 89.5 Å². The molecule has 0 radical (unpaired) electrons. The molecule has 0 saturated carbocycles. The number of likely N-dealkylation sites (tertiary alicyclic amines) is 1. The first-order chi connectivity index (χ1) is 8.97. The van der Waals surface area contributed by atoms with E-state index in [0.29, 0.717) is 0 Å². The molecular weight excluding hydrogens is 328 g/mol. The average molecular weight is 362 g/mol. The Morgan fingerprint density at radius 2 is 1.50 bits per heavy atom. The normalized spacial score (nSPS) is 16.3. The first-order valence-corrected chi connectivity index (χ1v) is 10.0. The number of hydrogen-bond acceptors (Lipinski definition) is 5. The van der Waals surface area contributed by atoms with E-state index in [9.17, 15) is 16.8 Å². The molecule has 9 heteroatoms. The summed E-state index contributed by atoms with van der Waals surface area (Å²) < 4.78 is 48.3. The smallest absolute Gasteiger partial charge is 0.221 e. The van der Waals surface area contributed by atoms with E-state index in [1.807, 2.05) is 0 Å². The monoisotopic (exact) mass is 361 g/mol. The second kappa shape index (κ2) is 11.0. The molecule has 1 rings (SSSR count). The Morgan fingerprint density at radius 3 is 1.77 bits per heavy atom. The van der Waals surface area contributed by atoms with Crippen LogP contribution in [-0.2, 0) is 24.8 Å². The molecule has 22 heavy (non-hydrogen) atoms. The van der Waals surface area contributed by atoms with Crippen LogP contribution in [0.25, 0.3) is 0 Å². The Labute approximate surface area is 137 Å². The highest BCUT2D eigenvalue weighted by Crippen LogP contribution is 2.15. The van der Waals surface area contributed by atoms with Crippen molar-refractivity contribution in [2.45, 2.75) is 27.7 Å². The molecule has 7 nitrogen and oxygen atoms in total. The van der Waals surface area contributed by atoms with Crippen LogP contribution in [0.4, 0.5) is 0 Å². The van der Waals surface area contributed by atoms with Gasteiger partial charge >= 0.3 is 0 Å². The van der Waals surface area contributed by atoms with Gasteiger partial charge in [0.1, 0.15) is 13.2 Å². The number of quaternary nitrogens is 1. The quantitative estimate of drug-likeness (QED) is 0.435. The maximum absolute atomic E-state index is 10.2. The molecule has 0 aromatic rings. The van der Waals surface area contributed by atoms with Crippen molar-refractivity contribution in [3.8, 4) is 0 Å². The van der Waals surface area contributed by atoms with E-state index >= 15 is 0 Å². The van der Waals surface area contributed by atoms with E-state index in [0.717, 1.165) is 25.7 Å². The van der Waals surface area contributed by atoms with Crippen LogP contribution < -0.4 is 4.13 Å². The molecule has 0 amide bonds. The van der Waals surface area contributed by atoms with Gasteiger partial charge in [0.25, 0.3) is 0 Å². The molecule has 0 spiro atoms. The fourth-order valence-corrected chi connectivity index (χ4v) is 4.15. The van der Waals surface area contributed by atoms with E-state index in [4.69, 9.17) is 4.74 Å². The number of likely N-dealkylation sites (N-methyl/N-ethyl adjacent to an activating group) is 1. The van der Waals surface area contributed by atoms with Crippen LogP contribution in [-0.4, -0.2) is 67.1 Å². The number of rotatable bonds is 6. The van der Waals surface area contributed by atoms with Gasteiger partial charge < -0.3 is 9.22 Å². The summed E-state index contributed by atoms with van der Waals surface area (Å²) in [6, 6.07) is 0. The van der Waals surface area contributed by atoms with Gasteiger partial charge in [0, 0.05) is 12.8 Å². The Bertz CT molecular complexity index is 465. The SMILES string of the molecule is C.C.C=COCC[N+]1(C)CCCC1.CS(=O)(=O)NS(C)(=O)=O. The molecule has 1 heterocycles. The van der Waals surface area contributed by atoms with Crippen LogP contribution in [0.5, 0.6) is 0 Å². The zero-order valence-electron chi connectivity index (χ0n) is 12.3. The first-order valence-electron chi connectivity index (χ1n) is 6.22. The highest BCUT2D eigenvalue weighted by Gasteiger charge is 2.25. The third kappa shape index (κ3) is 15.7. The van der Waals surface area contributed by atoms with Crippen molar-refractivity contribution in [3.05, 3.63) is 12.8 Å². The highest BCUT2D eigenvalue weighted by atomic mass is 32.3. The maximum Gasteiger partial charge on any atom is 0.221 e. The summed E-state index contributed by atoms with van der Waals surface area (Å²) in [7, 11) is -4.93. The summed E-state index contributed by atoms with van der Waals surface area (Å²) in [6.45, 7) is 8.11. The van der Waals surface area contributed by atoms with Crippen LogP contribution in [0.3, 0.4) is 0 Å². The van der Waals surface area contributed by atoms with E-state index in [2.05, 4.69) is 13.6 Å². The van der Waals surface area contributed by atoms with Gasteiger partial charge in [0.05, 0.1) is 38.9 Å². The number of sulfonamides is 2. The molecule has 1 fully saturated rings. The number of nitrogens with zero attached hydrogens (tertiary/aromatic N) is 1. The second-order valence-electron chi connectivity index (χ2n) is 5.16. The third-order valence-electron chi connectivity index (χ3n) is 2.82. The molecule has 0 aromatic heterocycles. The molecule has 136 valence electrons. The Kier molecular flexibility index (Phi) is 13.1. The average Bonchev–Trinajstić information content (AvgIpc) is 2.61. The van der Waals surface area contributed by atoms with E-state index in [1.54, 1.807) is 0 Å². The summed E-state index contributed by atoms with van der Waals surface area (Å²) >= 11 is 0. The van der Waals surface area contributed by atoms with Crippen molar-refractivity contribution < 1.29 is 26.1 Å². The lowest BCUT2D eigenvalue weighted by atomic mass is 10.4. The van der Waals surface area contributed by atoms with Gasteiger partial charge in [-0.05, 0) is 0 Å². The molecular formula is C13H33N2O5S2+. The van der Waals surface area contributed by atoms with Crippen molar-refractivity contribution in [2.24, 2.45) is 0 Å². The van der Waals surface area contributed by atoms with Crippen molar-refractivity contribution in [1.29, 1.82) is 0 Å². The highest BCUT2D eigenvalue weighted by molar-refractivity contribution is 8.04. The Morgan fingerprint density at radius 1 is 1.09 bits per heavy atom. The summed E-state index contributed by atoms with van der Waals surface area (Å²) in [5.74, 6) is 0. The summed E-state index contributed by atoms with van der Waals surface area (Å²) in [6.07, 6.45) is 5.83. The fraction of sp³-hybridized carbons (Fsp3) is 0.846. The van der Waals surface area contributed by atoms with Gasteiger partial charge in [-0.25, -0.2) is 16.8 Å². The molecule has 0 bridgehead atoms. The molecule has 1 aliphatic rings. The van der Waals surface area contributed by atoms with Gasteiger partial charge in [-0.15, -0.1) is 4.13 Å². The zero-order valence-corrected chi connectivity index (χ0v) is 14.0. The van der Waals surface area contributed by atoms with Crippen LogP contribution in [0.2, 0.25) is 0 Å². The minimum atomic E-state index is -3.62. The number of nitrogens with one attached hydrogen (secondary N) is 1. The predicted molar refractivity (Wildman–Crippen MR) is 92.5 cm³/mol. The maximum atomic E-state index is 10.2. The van der Waals surface area contributed by atoms with Crippen molar-refractivity contribution in [3.63, 3.8) is 0 Å². The zero-order chi connectivity index (χ0) is 15.9. The van der Waals surface area contributed by atoms with Gasteiger partial charge in [0.15, 0.2) is 0 Å². The van der Waals surface area contributed by atoms with Crippen molar-refractivity contribution in [1.82, 2.24) is 4.13 Å². The lowest BCUT2D eigenvalue weighted by Gasteiger charge is -2.28. The minimum Gasteiger partial charge on any atom is -0.496 e. The summed E-state index contributed by atoms with van der Waals surface area (Å²) in [4.78, 5) is 0. The minimum absolute atomic E-state index is 0. The van der Waals surface area contributed by atoms with Gasteiger partial charge in [0.2, 0.25) is 20.0 Å². The van der Waals surface area contributed by atoms with E-state index in [-0.39, 0.29) is 14.9 Å². The van der Waals surface area contributed by atoms with E-state index in [1.165, 1.54) is 40.8 Å². The molecule has 0 aromatic carbocycles. The third-order valence-corrected chi connectivity index (χ3v) is 5.24.